The van der Waals surface area contributed by atoms with Crippen LogP contribution in [0.25, 0.3) is 0 Å². The molecular weight excluding hydrogens is 285 g/mol. The minimum atomic E-state index is -0.513. The molecule has 1 fully saturated rings. The van der Waals surface area contributed by atoms with Crippen molar-refractivity contribution >= 4 is 30.6 Å². The van der Waals surface area contributed by atoms with Gasteiger partial charge in [0.25, 0.3) is 0 Å². The van der Waals surface area contributed by atoms with E-state index in [0.29, 0.717) is 12.4 Å². The minimum absolute atomic E-state index is 0. The summed E-state index contributed by atoms with van der Waals surface area (Å²) in [5, 5.41) is 13.5. The maximum Gasteiger partial charge on any atom is 0.123 e. The number of nitrogens with two attached hydrogens (primary N) is 1. The molecule has 0 aromatic carbocycles. The lowest BCUT2D eigenvalue weighted by atomic mass is 10.00. The first-order chi connectivity index (χ1) is 8.09. The van der Waals surface area contributed by atoms with E-state index in [1.54, 1.807) is 12.3 Å². The Balaban J connectivity index is 0.00000162. The molecule has 0 amide bonds. The van der Waals surface area contributed by atoms with Crippen LogP contribution in [0.4, 0.5) is 5.82 Å². The number of nitrogen functional groups attached to an aromatic ring is 1. The Bertz CT molecular complexity index is 367. The Labute approximate surface area is 127 Å². The molecule has 0 aliphatic heterocycles. The SMILES string of the molecule is CC1(NC[C@H](O)c2ccc(N)nc2)CCCC1.Cl.Cl. The summed E-state index contributed by atoms with van der Waals surface area (Å²) in [4.78, 5) is 3.99. The highest BCUT2D eigenvalue weighted by atomic mass is 35.5. The predicted molar refractivity (Wildman–Crippen MR) is 83.0 cm³/mol. The van der Waals surface area contributed by atoms with Gasteiger partial charge in [-0.3, -0.25) is 0 Å². The molecule has 1 aromatic heterocycles. The van der Waals surface area contributed by atoms with Crippen molar-refractivity contribution in [3.8, 4) is 0 Å². The van der Waals surface area contributed by atoms with Crippen LogP contribution in [0.2, 0.25) is 0 Å². The van der Waals surface area contributed by atoms with Crippen LogP contribution in [0.3, 0.4) is 0 Å². The first-order valence-electron chi connectivity index (χ1n) is 6.24. The fourth-order valence-electron chi connectivity index (χ4n) is 2.41. The fraction of sp³-hybridized carbons (Fsp3) is 0.615. The van der Waals surface area contributed by atoms with Crippen molar-refractivity contribution < 1.29 is 5.11 Å². The van der Waals surface area contributed by atoms with E-state index in [1.165, 1.54) is 25.7 Å². The van der Waals surface area contributed by atoms with Crippen LogP contribution >= 0.6 is 24.8 Å². The van der Waals surface area contributed by atoms with Gasteiger partial charge in [-0.25, -0.2) is 4.98 Å². The summed E-state index contributed by atoms with van der Waals surface area (Å²) in [6.07, 6.45) is 6.07. The van der Waals surface area contributed by atoms with Gasteiger partial charge in [-0.2, -0.15) is 0 Å². The fourth-order valence-corrected chi connectivity index (χ4v) is 2.41. The molecule has 2 rings (SSSR count). The third kappa shape index (κ3) is 5.15. The van der Waals surface area contributed by atoms with Crippen LogP contribution in [0.5, 0.6) is 0 Å². The standard InChI is InChI=1S/C13H21N3O.2ClH/c1-13(6-2-3-7-13)16-9-11(17)10-4-5-12(14)15-8-10;;/h4-5,8,11,16-17H,2-3,6-7,9H2,1H3,(H2,14,15);2*1H/t11-;;/m0../s1. The maximum atomic E-state index is 10.0. The van der Waals surface area contributed by atoms with Gasteiger partial charge in [0.15, 0.2) is 0 Å². The molecule has 19 heavy (non-hydrogen) atoms. The molecule has 6 heteroatoms. The molecule has 1 aromatic rings. The van der Waals surface area contributed by atoms with Gasteiger partial charge in [0.05, 0.1) is 6.10 Å². The topological polar surface area (TPSA) is 71.2 Å². The van der Waals surface area contributed by atoms with Crippen molar-refractivity contribution in [3.05, 3.63) is 23.9 Å². The van der Waals surface area contributed by atoms with Crippen molar-refractivity contribution in [2.24, 2.45) is 0 Å². The number of halogens is 2. The van der Waals surface area contributed by atoms with Crippen LogP contribution in [0, 0.1) is 0 Å². The number of aromatic nitrogens is 1. The Morgan fingerprint density at radius 2 is 2.00 bits per heavy atom. The maximum absolute atomic E-state index is 10.0. The monoisotopic (exact) mass is 307 g/mol. The van der Waals surface area contributed by atoms with Gasteiger partial charge >= 0.3 is 0 Å². The van der Waals surface area contributed by atoms with Crippen LogP contribution in [-0.4, -0.2) is 22.2 Å². The number of hydrogen-bond acceptors (Lipinski definition) is 4. The van der Waals surface area contributed by atoms with E-state index in [1.807, 2.05) is 6.07 Å². The molecule has 0 bridgehead atoms. The molecule has 0 saturated heterocycles. The molecule has 1 saturated carbocycles. The molecule has 1 aliphatic rings. The first kappa shape index (κ1) is 18.4. The second-order valence-electron chi connectivity index (χ2n) is 5.18. The van der Waals surface area contributed by atoms with Crippen LogP contribution < -0.4 is 11.1 Å². The Morgan fingerprint density at radius 1 is 1.37 bits per heavy atom. The smallest absolute Gasteiger partial charge is 0.123 e. The normalized spacial score (nSPS) is 18.2. The van der Waals surface area contributed by atoms with Crippen LogP contribution in [0.1, 0.15) is 44.3 Å². The van der Waals surface area contributed by atoms with Crippen molar-refractivity contribution in [1.29, 1.82) is 0 Å². The number of β-amino-alcohol motifs (C(OH)–C–C–N with tert-alkyl or cyclic N) is 1. The molecule has 4 N–H and O–H groups in total. The first-order valence-corrected chi connectivity index (χ1v) is 6.24. The van der Waals surface area contributed by atoms with E-state index < -0.39 is 6.10 Å². The summed E-state index contributed by atoms with van der Waals surface area (Å²) in [5.74, 6) is 0.483. The average molecular weight is 308 g/mol. The number of nitrogens with zero attached hydrogens (tertiary/aromatic N) is 1. The number of hydrogen-bond donors (Lipinski definition) is 3. The van der Waals surface area contributed by atoms with Crippen molar-refractivity contribution in [2.75, 3.05) is 12.3 Å². The van der Waals surface area contributed by atoms with E-state index in [0.717, 1.165) is 5.56 Å². The number of pyridine rings is 1. The summed E-state index contributed by atoms with van der Waals surface area (Å²) >= 11 is 0. The van der Waals surface area contributed by atoms with Crippen molar-refractivity contribution in [1.82, 2.24) is 10.3 Å². The molecular formula is C13H23Cl2N3O. The number of aliphatic hydroxyl groups is 1. The molecule has 110 valence electrons. The largest absolute Gasteiger partial charge is 0.387 e. The van der Waals surface area contributed by atoms with Gasteiger partial charge in [-0.1, -0.05) is 18.9 Å². The second-order valence-corrected chi connectivity index (χ2v) is 5.18. The summed E-state index contributed by atoms with van der Waals surface area (Å²) in [6.45, 7) is 2.80. The number of rotatable bonds is 4. The zero-order valence-electron chi connectivity index (χ0n) is 11.1. The molecule has 1 aliphatic carbocycles. The lowest BCUT2D eigenvalue weighted by Crippen LogP contribution is -2.41. The minimum Gasteiger partial charge on any atom is -0.387 e. The molecule has 0 radical (unpaired) electrons. The highest BCUT2D eigenvalue weighted by Gasteiger charge is 2.28. The Hall–Kier alpha value is -0.550. The van der Waals surface area contributed by atoms with Crippen molar-refractivity contribution in [3.63, 3.8) is 0 Å². The zero-order valence-corrected chi connectivity index (χ0v) is 12.8. The molecule has 4 nitrogen and oxygen atoms in total. The predicted octanol–water partition coefficient (Wildman–Crippen LogP) is 2.46. The third-order valence-corrected chi connectivity index (χ3v) is 3.62. The lowest BCUT2D eigenvalue weighted by Gasteiger charge is -2.27. The zero-order chi connectivity index (χ0) is 12.3. The van der Waals surface area contributed by atoms with Gasteiger partial charge in [0.2, 0.25) is 0 Å². The number of aliphatic hydroxyl groups excluding tert-OH is 1. The summed E-state index contributed by atoms with van der Waals surface area (Å²) < 4.78 is 0. The molecule has 0 spiro atoms. The van der Waals surface area contributed by atoms with E-state index in [2.05, 4.69) is 17.2 Å². The average Bonchev–Trinajstić information content (AvgIpc) is 2.75. The van der Waals surface area contributed by atoms with Crippen LogP contribution in [0.15, 0.2) is 18.3 Å². The molecule has 1 heterocycles. The number of anilines is 1. The summed E-state index contributed by atoms with van der Waals surface area (Å²) in [5.41, 5.74) is 6.52. The molecule has 0 unspecified atom stereocenters. The van der Waals surface area contributed by atoms with Gasteiger partial charge in [0, 0.05) is 23.8 Å². The second kappa shape index (κ2) is 7.90. The number of nitrogens with one attached hydrogen (secondary N) is 1. The summed E-state index contributed by atoms with van der Waals surface area (Å²) in [6, 6.07) is 3.54. The van der Waals surface area contributed by atoms with E-state index >= 15 is 0 Å². The summed E-state index contributed by atoms with van der Waals surface area (Å²) in [7, 11) is 0. The van der Waals surface area contributed by atoms with Gasteiger partial charge in [0.1, 0.15) is 5.82 Å². The Morgan fingerprint density at radius 3 is 2.53 bits per heavy atom. The Kier molecular flexibility index (Phi) is 7.67. The van der Waals surface area contributed by atoms with E-state index in [4.69, 9.17) is 5.73 Å². The van der Waals surface area contributed by atoms with Crippen molar-refractivity contribution in [2.45, 2.75) is 44.2 Å². The van der Waals surface area contributed by atoms with E-state index in [-0.39, 0.29) is 30.4 Å². The van der Waals surface area contributed by atoms with Gasteiger partial charge in [-0.05, 0) is 25.8 Å². The van der Waals surface area contributed by atoms with Gasteiger partial charge in [-0.15, -0.1) is 24.8 Å². The van der Waals surface area contributed by atoms with Gasteiger partial charge < -0.3 is 16.2 Å². The van der Waals surface area contributed by atoms with E-state index in [9.17, 15) is 5.11 Å². The highest BCUT2D eigenvalue weighted by Crippen LogP contribution is 2.29. The van der Waals surface area contributed by atoms with Crippen LogP contribution in [-0.2, 0) is 0 Å². The quantitative estimate of drug-likeness (QED) is 0.799. The lowest BCUT2D eigenvalue weighted by molar-refractivity contribution is 0.158. The molecule has 1 atom stereocenters. The third-order valence-electron chi connectivity index (χ3n) is 3.62. The highest BCUT2D eigenvalue weighted by molar-refractivity contribution is 5.85.